The van der Waals surface area contributed by atoms with Gasteiger partial charge in [0.25, 0.3) is 5.89 Å². The lowest BCUT2D eigenvalue weighted by atomic mass is 10.2. The number of thioether (sulfide) groups is 2. The number of rotatable bonds is 2. The van der Waals surface area contributed by atoms with Gasteiger partial charge in [-0.3, -0.25) is 0 Å². The van der Waals surface area contributed by atoms with Gasteiger partial charge in [-0.2, -0.15) is 16.7 Å². The van der Waals surface area contributed by atoms with Crippen LogP contribution in [0.5, 0.6) is 0 Å². The minimum atomic E-state index is 0.320. The molecule has 1 atom stereocenters. The number of nitrogens with zero attached hydrogens (tertiary/aromatic N) is 2. The molecule has 0 radical (unpaired) electrons. The van der Waals surface area contributed by atoms with Crippen LogP contribution in [0.2, 0.25) is 5.02 Å². The van der Waals surface area contributed by atoms with Crippen molar-refractivity contribution in [1.29, 1.82) is 0 Å². The van der Waals surface area contributed by atoms with Crippen LogP contribution < -0.4 is 5.73 Å². The summed E-state index contributed by atoms with van der Waals surface area (Å²) < 4.78 is 5.32. The molecule has 7 heteroatoms. The highest BCUT2D eigenvalue weighted by Crippen LogP contribution is 2.36. The summed E-state index contributed by atoms with van der Waals surface area (Å²) in [5.74, 6) is 4.62. The largest absolute Gasteiger partial charge is 0.398 e. The number of nitrogens with two attached hydrogens (primary N) is 1. The van der Waals surface area contributed by atoms with Gasteiger partial charge in [0, 0.05) is 22.8 Å². The topological polar surface area (TPSA) is 64.9 Å². The SMILES string of the molecule is Nc1cc(-c2nc(C3CSCCS3)no2)ccc1Cl. The van der Waals surface area contributed by atoms with Gasteiger partial charge in [-0.1, -0.05) is 16.8 Å². The zero-order chi connectivity index (χ0) is 13.2. The summed E-state index contributed by atoms with van der Waals surface area (Å²) in [6, 6.07) is 5.32. The normalized spacial score (nSPS) is 19.5. The Labute approximate surface area is 124 Å². The van der Waals surface area contributed by atoms with Crippen LogP contribution in [0.4, 0.5) is 5.69 Å². The Hall–Kier alpha value is -0.850. The molecule has 1 saturated heterocycles. The minimum Gasteiger partial charge on any atom is -0.398 e. The average molecular weight is 314 g/mol. The molecule has 0 amide bonds. The molecule has 0 spiro atoms. The van der Waals surface area contributed by atoms with Crippen LogP contribution >= 0.6 is 35.1 Å². The second-order valence-corrected chi connectivity index (χ2v) is 7.00. The Bertz CT molecular complexity index is 584. The first kappa shape index (κ1) is 13.1. The maximum Gasteiger partial charge on any atom is 0.258 e. The Morgan fingerprint density at radius 2 is 2.26 bits per heavy atom. The average Bonchev–Trinajstić information content (AvgIpc) is 2.93. The second kappa shape index (κ2) is 5.64. The molecule has 1 aromatic carbocycles. The molecule has 2 N–H and O–H groups in total. The fraction of sp³-hybridized carbons (Fsp3) is 0.333. The second-order valence-electron chi connectivity index (χ2n) is 4.13. The van der Waals surface area contributed by atoms with Crippen LogP contribution in [-0.2, 0) is 0 Å². The van der Waals surface area contributed by atoms with Crippen molar-refractivity contribution in [2.24, 2.45) is 0 Å². The molecule has 2 heterocycles. The van der Waals surface area contributed by atoms with E-state index < -0.39 is 0 Å². The molecule has 3 rings (SSSR count). The lowest BCUT2D eigenvalue weighted by molar-refractivity contribution is 0.423. The fourth-order valence-corrected chi connectivity index (χ4v) is 4.50. The Morgan fingerprint density at radius 3 is 3.00 bits per heavy atom. The molecule has 0 aliphatic carbocycles. The van der Waals surface area contributed by atoms with Crippen LogP contribution in [0.3, 0.4) is 0 Å². The minimum absolute atomic E-state index is 0.320. The summed E-state index contributed by atoms with van der Waals surface area (Å²) in [4.78, 5) is 4.46. The third-order valence-electron chi connectivity index (χ3n) is 2.79. The van der Waals surface area contributed by atoms with E-state index in [4.69, 9.17) is 21.9 Å². The summed E-state index contributed by atoms with van der Waals surface area (Å²) in [7, 11) is 0. The van der Waals surface area contributed by atoms with E-state index >= 15 is 0 Å². The molecule has 2 aromatic rings. The van der Waals surface area contributed by atoms with Gasteiger partial charge < -0.3 is 10.3 Å². The summed E-state index contributed by atoms with van der Waals surface area (Å²) in [6.07, 6.45) is 0. The summed E-state index contributed by atoms with van der Waals surface area (Å²) in [6.45, 7) is 0. The van der Waals surface area contributed by atoms with Gasteiger partial charge >= 0.3 is 0 Å². The van der Waals surface area contributed by atoms with E-state index in [-0.39, 0.29) is 0 Å². The molecule has 1 aromatic heterocycles. The first-order chi connectivity index (χ1) is 9.24. The number of anilines is 1. The maximum absolute atomic E-state index is 5.90. The van der Waals surface area contributed by atoms with Gasteiger partial charge in [0.15, 0.2) is 5.82 Å². The number of hydrogen-bond donors (Lipinski definition) is 1. The summed E-state index contributed by atoms with van der Waals surface area (Å²) in [5.41, 5.74) is 7.09. The molecule has 1 aliphatic heterocycles. The Morgan fingerprint density at radius 1 is 1.37 bits per heavy atom. The smallest absolute Gasteiger partial charge is 0.258 e. The van der Waals surface area contributed by atoms with Crippen molar-refractivity contribution in [1.82, 2.24) is 10.1 Å². The molecule has 0 saturated carbocycles. The van der Waals surface area contributed by atoms with Crippen molar-refractivity contribution in [2.75, 3.05) is 23.0 Å². The predicted octanol–water partition coefficient (Wildman–Crippen LogP) is 3.49. The quantitative estimate of drug-likeness (QED) is 0.856. The molecule has 1 aliphatic rings. The van der Waals surface area contributed by atoms with E-state index in [1.165, 1.54) is 5.75 Å². The molecule has 4 nitrogen and oxygen atoms in total. The van der Waals surface area contributed by atoms with Crippen LogP contribution in [0, 0.1) is 0 Å². The highest BCUT2D eigenvalue weighted by atomic mass is 35.5. The third-order valence-corrected chi connectivity index (χ3v) is 5.88. The number of hydrogen-bond acceptors (Lipinski definition) is 6. The van der Waals surface area contributed by atoms with E-state index in [9.17, 15) is 0 Å². The molecule has 0 bridgehead atoms. The van der Waals surface area contributed by atoms with E-state index in [2.05, 4.69) is 10.1 Å². The zero-order valence-electron chi connectivity index (χ0n) is 10.0. The van der Waals surface area contributed by atoms with Crippen LogP contribution in [0.1, 0.15) is 11.1 Å². The van der Waals surface area contributed by atoms with Crippen LogP contribution in [0.15, 0.2) is 22.7 Å². The number of nitrogen functional groups attached to an aromatic ring is 1. The third kappa shape index (κ3) is 2.85. The first-order valence-corrected chi connectivity index (χ1v) is 8.40. The zero-order valence-corrected chi connectivity index (χ0v) is 12.4. The van der Waals surface area contributed by atoms with Gasteiger partial charge in [-0.25, -0.2) is 0 Å². The first-order valence-electron chi connectivity index (χ1n) is 5.82. The van der Waals surface area contributed by atoms with E-state index in [1.807, 2.05) is 29.6 Å². The molecule has 1 fully saturated rings. The molecule has 19 heavy (non-hydrogen) atoms. The van der Waals surface area contributed by atoms with Gasteiger partial charge in [0.1, 0.15) is 0 Å². The lowest BCUT2D eigenvalue weighted by Crippen LogP contribution is -2.07. The monoisotopic (exact) mass is 313 g/mol. The predicted molar refractivity (Wildman–Crippen MR) is 81.7 cm³/mol. The van der Waals surface area contributed by atoms with E-state index in [0.717, 1.165) is 22.9 Å². The highest BCUT2D eigenvalue weighted by molar-refractivity contribution is 8.06. The van der Waals surface area contributed by atoms with Crippen molar-refractivity contribution >= 4 is 40.8 Å². The fourth-order valence-electron chi connectivity index (χ4n) is 1.80. The summed E-state index contributed by atoms with van der Waals surface area (Å²) in [5, 5.41) is 4.92. The van der Waals surface area contributed by atoms with Crippen LogP contribution in [-0.4, -0.2) is 27.4 Å². The van der Waals surface area contributed by atoms with Gasteiger partial charge in [0.2, 0.25) is 0 Å². The highest BCUT2D eigenvalue weighted by Gasteiger charge is 2.22. The van der Waals surface area contributed by atoms with Crippen molar-refractivity contribution in [2.45, 2.75) is 5.25 Å². The molecular formula is C12H12ClN3OS2. The van der Waals surface area contributed by atoms with Crippen molar-refractivity contribution < 1.29 is 4.52 Å². The van der Waals surface area contributed by atoms with E-state index in [1.54, 1.807) is 12.1 Å². The maximum atomic E-state index is 5.90. The summed E-state index contributed by atoms with van der Waals surface area (Å²) >= 11 is 9.70. The van der Waals surface area contributed by atoms with Gasteiger partial charge in [0.05, 0.1) is 16.0 Å². The number of aromatic nitrogens is 2. The Kier molecular flexibility index (Phi) is 3.91. The molecule has 100 valence electrons. The molecular weight excluding hydrogens is 302 g/mol. The van der Waals surface area contributed by atoms with Gasteiger partial charge in [-0.15, -0.1) is 11.8 Å². The van der Waals surface area contributed by atoms with Crippen molar-refractivity contribution in [3.8, 4) is 11.5 Å². The standard InChI is InChI=1S/C12H12ClN3OS2/c13-8-2-1-7(5-9(8)14)12-15-11(16-17-12)10-6-18-3-4-19-10/h1-2,5,10H,3-4,6,14H2. The van der Waals surface area contributed by atoms with E-state index in [0.29, 0.717) is 21.9 Å². The number of benzene rings is 1. The molecule has 1 unspecified atom stereocenters. The van der Waals surface area contributed by atoms with Crippen molar-refractivity contribution in [3.63, 3.8) is 0 Å². The number of halogens is 1. The Balaban J connectivity index is 1.85. The lowest BCUT2D eigenvalue weighted by Gasteiger charge is -2.16. The van der Waals surface area contributed by atoms with Crippen molar-refractivity contribution in [3.05, 3.63) is 29.0 Å². The van der Waals surface area contributed by atoms with Crippen LogP contribution in [0.25, 0.3) is 11.5 Å². The van der Waals surface area contributed by atoms with Gasteiger partial charge in [-0.05, 0) is 18.2 Å².